The molecule has 0 aliphatic carbocycles. The van der Waals surface area contributed by atoms with Crippen molar-refractivity contribution < 1.29 is 8.42 Å². The van der Waals surface area contributed by atoms with E-state index in [0.29, 0.717) is 15.4 Å². The molecule has 74 valence electrons. The fourth-order valence-corrected chi connectivity index (χ4v) is 2.97. The lowest BCUT2D eigenvalue weighted by Gasteiger charge is -1.86. The summed E-state index contributed by atoms with van der Waals surface area (Å²) in [5.41, 5.74) is 0.378. The molecular weight excluding hydrogens is 244 g/mol. The van der Waals surface area contributed by atoms with E-state index in [-0.39, 0.29) is 4.34 Å². The van der Waals surface area contributed by atoms with Gasteiger partial charge in [-0.1, -0.05) is 22.9 Å². The molecule has 2 rings (SSSR count). The molecule has 0 fully saturated rings. The van der Waals surface area contributed by atoms with Gasteiger partial charge in [-0.15, -0.1) is 0 Å². The maximum absolute atomic E-state index is 11.2. The van der Waals surface area contributed by atoms with Crippen LogP contribution < -0.4 is 0 Å². The van der Waals surface area contributed by atoms with Crippen LogP contribution >= 0.6 is 22.9 Å². The number of aromatic nitrogens is 2. The van der Waals surface area contributed by atoms with Gasteiger partial charge in [0, 0.05) is 12.5 Å². The first-order chi connectivity index (χ1) is 6.48. The van der Waals surface area contributed by atoms with E-state index < -0.39 is 9.84 Å². The van der Waals surface area contributed by atoms with E-state index in [4.69, 9.17) is 11.6 Å². The Labute approximate surface area is 89.5 Å². The molecule has 0 aromatic carbocycles. The molecule has 2 aromatic rings. The van der Waals surface area contributed by atoms with E-state index in [2.05, 4.69) is 9.97 Å². The van der Waals surface area contributed by atoms with Crippen molar-refractivity contribution in [2.75, 3.05) is 6.26 Å². The molecule has 14 heavy (non-hydrogen) atoms. The topological polar surface area (TPSA) is 59.9 Å². The predicted molar refractivity (Wildman–Crippen MR) is 55.5 cm³/mol. The zero-order valence-electron chi connectivity index (χ0n) is 7.06. The summed E-state index contributed by atoms with van der Waals surface area (Å²) in [6.07, 6.45) is 2.61. The summed E-state index contributed by atoms with van der Waals surface area (Å²) in [7, 11) is -3.27. The summed E-state index contributed by atoms with van der Waals surface area (Å²) in [6, 6.07) is 1.61. The third-order valence-corrected chi connectivity index (χ3v) is 4.72. The number of hydrogen-bond donors (Lipinski definition) is 0. The molecule has 0 amide bonds. The Morgan fingerprint density at radius 3 is 2.79 bits per heavy atom. The zero-order chi connectivity index (χ0) is 10.3. The third kappa shape index (κ3) is 1.60. The number of sulfone groups is 1. The quantitative estimate of drug-likeness (QED) is 0.772. The minimum atomic E-state index is -3.27. The van der Waals surface area contributed by atoms with Crippen LogP contribution in [0.25, 0.3) is 10.3 Å². The fourth-order valence-electron chi connectivity index (χ4n) is 0.944. The smallest absolute Gasteiger partial charge is 0.211 e. The maximum atomic E-state index is 11.2. The van der Waals surface area contributed by atoms with Crippen LogP contribution in [0.3, 0.4) is 0 Å². The lowest BCUT2D eigenvalue weighted by atomic mass is 10.5. The van der Waals surface area contributed by atoms with Crippen LogP contribution in [0.2, 0.25) is 5.02 Å². The van der Waals surface area contributed by atoms with Gasteiger partial charge in [0.05, 0.1) is 9.72 Å². The molecule has 0 atom stereocenters. The Morgan fingerprint density at radius 1 is 1.50 bits per heavy atom. The summed E-state index contributed by atoms with van der Waals surface area (Å²) in [4.78, 5) is 7.81. The molecule has 2 aromatic heterocycles. The van der Waals surface area contributed by atoms with Crippen molar-refractivity contribution in [3.05, 3.63) is 17.3 Å². The number of thiazole rings is 1. The van der Waals surface area contributed by atoms with Gasteiger partial charge in [0.2, 0.25) is 14.2 Å². The summed E-state index contributed by atoms with van der Waals surface area (Å²) in [6.45, 7) is 0. The van der Waals surface area contributed by atoms with Gasteiger partial charge in [0.15, 0.2) is 5.65 Å². The van der Waals surface area contributed by atoms with Crippen molar-refractivity contribution in [2.45, 2.75) is 4.34 Å². The standard InChI is InChI=1S/C7H5ClN2O2S2/c1-14(11,12)7-10-6-5(13-7)4(8)2-3-9-6/h2-3H,1H3. The van der Waals surface area contributed by atoms with Crippen LogP contribution in [0.5, 0.6) is 0 Å². The average molecular weight is 249 g/mol. The molecule has 0 unspecified atom stereocenters. The predicted octanol–water partition coefficient (Wildman–Crippen LogP) is 1.75. The third-order valence-electron chi connectivity index (χ3n) is 1.54. The summed E-state index contributed by atoms with van der Waals surface area (Å²) < 4.78 is 23.0. The lowest BCUT2D eigenvalue weighted by Crippen LogP contribution is -1.94. The lowest BCUT2D eigenvalue weighted by molar-refractivity contribution is 0.601. The summed E-state index contributed by atoms with van der Waals surface area (Å²) in [5.74, 6) is 0. The largest absolute Gasteiger partial charge is 0.236 e. The molecule has 0 radical (unpaired) electrons. The summed E-state index contributed by atoms with van der Waals surface area (Å²) >= 11 is 6.89. The minimum absolute atomic E-state index is 0.0492. The van der Waals surface area contributed by atoms with Crippen LogP contribution in [-0.4, -0.2) is 24.6 Å². The van der Waals surface area contributed by atoms with Crippen molar-refractivity contribution in [2.24, 2.45) is 0 Å². The number of nitrogens with zero attached hydrogens (tertiary/aromatic N) is 2. The van der Waals surface area contributed by atoms with Crippen LogP contribution in [0.4, 0.5) is 0 Å². The first kappa shape index (κ1) is 9.82. The molecule has 0 aliphatic heterocycles. The SMILES string of the molecule is CS(=O)(=O)c1nc2nccc(Cl)c2s1. The Morgan fingerprint density at radius 2 is 2.21 bits per heavy atom. The van der Waals surface area contributed by atoms with E-state index in [1.54, 1.807) is 6.07 Å². The normalized spacial score (nSPS) is 12.1. The first-order valence-corrected chi connectivity index (χ1v) is 6.68. The number of rotatable bonds is 1. The number of pyridine rings is 1. The molecule has 0 aliphatic rings. The van der Waals surface area contributed by atoms with Crippen molar-refractivity contribution >= 4 is 43.1 Å². The van der Waals surface area contributed by atoms with E-state index in [1.807, 2.05) is 0 Å². The van der Waals surface area contributed by atoms with Crippen LogP contribution in [0, 0.1) is 0 Å². The van der Waals surface area contributed by atoms with E-state index >= 15 is 0 Å². The van der Waals surface area contributed by atoms with Gasteiger partial charge < -0.3 is 0 Å². The van der Waals surface area contributed by atoms with Gasteiger partial charge in [0.25, 0.3) is 0 Å². The van der Waals surface area contributed by atoms with Crippen LogP contribution in [0.15, 0.2) is 16.6 Å². The number of fused-ring (bicyclic) bond motifs is 1. The highest BCUT2D eigenvalue weighted by atomic mass is 35.5. The van der Waals surface area contributed by atoms with Crippen molar-refractivity contribution in [3.63, 3.8) is 0 Å². The van der Waals surface area contributed by atoms with Crippen LogP contribution in [0.1, 0.15) is 0 Å². The Kier molecular flexibility index (Phi) is 2.21. The Bertz CT molecular complexity index is 591. The van der Waals surface area contributed by atoms with Gasteiger partial charge in [-0.05, 0) is 6.07 Å². The molecule has 0 spiro atoms. The average Bonchev–Trinajstić information content (AvgIpc) is 2.48. The van der Waals surface area contributed by atoms with Crippen molar-refractivity contribution in [3.8, 4) is 0 Å². The van der Waals surface area contributed by atoms with Crippen molar-refractivity contribution in [1.82, 2.24) is 9.97 Å². The summed E-state index contributed by atoms with van der Waals surface area (Å²) in [5, 5.41) is 0.474. The van der Waals surface area contributed by atoms with E-state index in [0.717, 1.165) is 17.6 Å². The molecule has 0 saturated carbocycles. The minimum Gasteiger partial charge on any atom is -0.236 e. The maximum Gasteiger partial charge on any atom is 0.211 e. The second-order valence-electron chi connectivity index (χ2n) is 2.70. The highest BCUT2D eigenvalue weighted by molar-refractivity contribution is 7.92. The van der Waals surface area contributed by atoms with Gasteiger partial charge in [-0.25, -0.2) is 18.4 Å². The zero-order valence-corrected chi connectivity index (χ0v) is 9.45. The second-order valence-corrected chi connectivity index (χ2v) is 6.29. The molecule has 0 bridgehead atoms. The van der Waals surface area contributed by atoms with Crippen molar-refractivity contribution in [1.29, 1.82) is 0 Å². The fraction of sp³-hybridized carbons (Fsp3) is 0.143. The highest BCUT2D eigenvalue weighted by Gasteiger charge is 2.15. The molecule has 2 heterocycles. The second kappa shape index (κ2) is 3.15. The molecular formula is C7H5ClN2O2S2. The number of hydrogen-bond acceptors (Lipinski definition) is 5. The van der Waals surface area contributed by atoms with Gasteiger partial charge in [-0.2, -0.15) is 0 Å². The molecule has 0 N–H and O–H groups in total. The highest BCUT2D eigenvalue weighted by Crippen LogP contribution is 2.29. The molecule has 4 nitrogen and oxygen atoms in total. The first-order valence-electron chi connectivity index (χ1n) is 3.59. The Balaban J connectivity index is 2.81. The van der Waals surface area contributed by atoms with Crippen LogP contribution in [-0.2, 0) is 9.84 Å². The Hall–Kier alpha value is -0.720. The van der Waals surface area contributed by atoms with E-state index in [9.17, 15) is 8.42 Å². The van der Waals surface area contributed by atoms with Gasteiger partial charge in [-0.3, -0.25) is 0 Å². The number of halogens is 1. The molecule has 0 saturated heterocycles. The molecule has 7 heteroatoms. The van der Waals surface area contributed by atoms with Gasteiger partial charge in [0.1, 0.15) is 0 Å². The van der Waals surface area contributed by atoms with Gasteiger partial charge >= 0.3 is 0 Å². The monoisotopic (exact) mass is 248 g/mol. The van der Waals surface area contributed by atoms with E-state index in [1.165, 1.54) is 6.20 Å².